The van der Waals surface area contributed by atoms with Gasteiger partial charge in [-0.3, -0.25) is 9.48 Å². The van der Waals surface area contributed by atoms with E-state index in [0.29, 0.717) is 23.1 Å². The summed E-state index contributed by atoms with van der Waals surface area (Å²) < 4.78 is 1.87. The number of aliphatic hydroxyl groups is 1. The zero-order chi connectivity index (χ0) is 24.5. The van der Waals surface area contributed by atoms with E-state index in [9.17, 15) is 9.90 Å². The Kier molecular flexibility index (Phi) is 7.42. The number of rotatable bonds is 5. The van der Waals surface area contributed by atoms with E-state index >= 15 is 0 Å². The minimum atomic E-state index is -0.289. The fraction of sp³-hybridized carbons (Fsp3) is 0.308. The number of aryl methyl sites for hydroxylation is 2. The maximum atomic E-state index is 13.3. The maximum absolute atomic E-state index is 13.3. The van der Waals surface area contributed by atoms with Crippen LogP contribution < -0.4 is 16.0 Å². The quantitative estimate of drug-likeness (QED) is 0.375. The average molecular weight is 508 g/mol. The van der Waals surface area contributed by atoms with Crippen molar-refractivity contribution in [2.24, 2.45) is 13.0 Å². The second-order valence-electron chi connectivity index (χ2n) is 9.04. The molecule has 1 aromatic carbocycles. The Hall–Kier alpha value is -3.69. The number of nitrogens with two attached hydrogens (primary N) is 1. The Balaban J connectivity index is 0.00000304. The summed E-state index contributed by atoms with van der Waals surface area (Å²) in [7, 11) is 1.93. The standard InChI is InChI=1S/C26H29N7O2.ClH/c1-16-19-12-22(24(13-23(19)32(2)31-16)33-10-8-17(15-34)9-11-33)30-26(35)21-5-3-4-20(29-21)18-6-7-25(27)28-14-18;/h3-7,12-14,17,34H,8-11,15H2,1-2H3,(H2,27,28)(H,30,35);1H. The van der Waals surface area contributed by atoms with E-state index in [0.717, 1.165) is 59.5 Å². The van der Waals surface area contributed by atoms with Crippen LogP contribution in [0.15, 0.2) is 48.7 Å². The number of halogens is 1. The number of aromatic nitrogens is 4. The number of carbonyl (C=O) groups excluding carboxylic acids is 1. The van der Waals surface area contributed by atoms with E-state index in [1.807, 2.05) is 42.9 Å². The van der Waals surface area contributed by atoms with Crippen LogP contribution in [0.5, 0.6) is 0 Å². The van der Waals surface area contributed by atoms with Crippen molar-refractivity contribution in [1.82, 2.24) is 19.7 Å². The van der Waals surface area contributed by atoms with Gasteiger partial charge in [-0.2, -0.15) is 5.10 Å². The molecule has 5 rings (SSSR count). The van der Waals surface area contributed by atoms with Crippen molar-refractivity contribution >= 4 is 46.4 Å². The number of hydrogen-bond donors (Lipinski definition) is 3. The molecule has 0 spiro atoms. The van der Waals surface area contributed by atoms with Crippen LogP contribution in [0.2, 0.25) is 0 Å². The number of pyridine rings is 2. The van der Waals surface area contributed by atoms with E-state index in [1.54, 1.807) is 18.3 Å². The first-order valence-corrected chi connectivity index (χ1v) is 11.8. The summed E-state index contributed by atoms with van der Waals surface area (Å²) in [5.74, 6) is 0.462. The molecule has 0 radical (unpaired) electrons. The molecule has 0 aliphatic carbocycles. The minimum absolute atomic E-state index is 0. The third kappa shape index (κ3) is 4.98. The first-order valence-electron chi connectivity index (χ1n) is 11.8. The summed E-state index contributed by atoms with van der Waals surface area (Å²) in [4.78, 5) is 24.3. The zero-order valence-corrected chi connectivity index (χ0v) is 21.1. The molecule has 0 atom stereocenters. The number of carbonyl (C=O) groups is 1. The molecule has 10 heteroatoms. The highest BCUT2D eigenvalue weighted by molar-refractivity contribution is 6.07. The number of amides is 1. The number of benzene rings is 1. The van der Waals surface area contributed by atoms with Crippen molar-refractivity contribution in [1.29, 1.82) is 0 Å². The van der Waals surface area contributed by atoms with Gasteiger partial charge in [0.15, 0.2) is 0 Å². The second kappa shape index (κ2) is 10.5. The Morgan fingerprint density at radius 3 is 2.67 bits per heavy atom. The molecule has 1 aliphatic rings. The third-order valence-corrected chi connectivity index (χ3v) is 6.68. The topological polar surface area (TPSA) is 122 Å². The Morgan fingerprint density at radius 1 is 1.19 bits per heavy atom. The molecule has 4 N–H and O–H groups in total. The van der Waals surface area contributed by atoms with Crippen molar-refractivity contribution < 1.29 is 9.90 Å². The van der Waals surface area contributed by atoms with E-state index in [2.05, 4.69) is 31.3 Å². The highest BCUT2D eigenvalue weighted by Crippen LogP contribution is 2.35. The van der Waals surface area contributed by atoms with E-state index < -0.39 is 0 Å². The minimum Gasteiger partial charge on any atom is -0.396 e. The molecule has 0 saturated carbocycles. The fourth-order valence-electron chi connectivity index (χ4n) is 4.65. The molecular weight excluding hydrogens is 478 g/mol. The lowest BCUT2D eigenvalue weighted by atomic mass is 9.97. The van der Waals surface area contributed by atoms with Gasteiger partial charge in [-0.25, -0.2) is 9.97 Å². The molecule has 1 aliphatic heterocycles. The van der Waals surface area contributed by atoms with Crippen molar-refractivity contribution in [2.75, 3.05) is 35.6 Å². The molecule has 0 unspecified atom stereocenters. The molecule has 3 aromatic heterocycles. The molecule has 188 valence electrons. The van der Waals surface area contributed by atoms with E-state index in [-0.39, 0.29) is 24.9 Å². The average Bonchev–Trinajstić information content (AvgIpc) is 3.16. The maximum Gasteiger partial charge on any atom is 0.274 e. The molecule has 4 heterocycles. The Bertz CT molecular complexity index is 1380. The molecule has 0 bridgehead atoms. The van der Waals surface area contributed by atoms with Gasteiger partial charge in [0.25, 0.3) is 5.91 Å². The predicted octanol–water partition coefficient (Wildman–Crippen LogP) is 3.80. The summed E-state index contributed by atoms with van der Waals surface area (Å²) in [6.45, 7) is 3.80. The van der Waals surface area contributed by atoms with Gasteiger partial charge in [0.05, 0.1) is 28.3 Å². The van der Waals surface area contributed by atoms with Gasteiger partial charge in [0.2, 0.25) is 0 Å². The van der Waals surface area contributed by atoms with Gasteiger partial charge in [-0.05, 0) is 62.1 Å². The van der Waals surface area contributed by atoms with Crippen LogP contribution in [0, 0.1) is 12.8 Å². The number of nitrogen functional groups attached to an aromatic ring is 1. The number of aliphatic hydroxyl groups excluding tert-OH is 1. The van der Waals surface area contributed by atoms with Crippen LogP contribution in [0.1, 0.15) is 29.0 Å². The van der Waals surface area contributed by atoms with Gasteiger partial charge in [-0.15, -0.1) is 12.4 Å². The first-order chi connectivity index (χ1) is 16.9. The monoisotopic (exact) mass is 507 g/mol. The zero-order valence-electron chi connectivity index (χ0n) is 20.3. The molecular formula is C26H30ClN7O2. The number of fused-ring (bicyclic) bond motifs is 1. The Labute approximate surface area is 215 Å². The lowest BCUT2D eigenvalue weighted by molar-refractivity contribution is 0.102. The SMILES string of the molecule is Cc1nn(C)c2cc(N3CCC(CO)CC3)c(NC(=O)c3cccc(-c4ccc(N)nc4)n3)cc12.Cl. The van der Waals surface area contributed by atoms with Crippen molar-refractivity contribution in [3.63, 3.8) is 0 Å². The summed E-state index contributed by atoms with van der Waals surface area (Å²) in [5.41, 5.74) is 11.0. The lowest BCUT2D eigenvalue weighted by Crippen LogP contribution is -2.35. The number of anilines is 3. The van der Waals surface area contributed by atoms with Gasteiger partial charge in [0.1, 0.15) is 11.5 Å². The summed E-state index contributed by atoms with van der Waals surface area (Å²) in [5, 5.41) is 18.2. The third-order valence-electron chi connectivity index (χ3n) is 6.68. The summed E-state index contributed by atoms with van der Waals surface area (Å²) in [6, 6.07) is 13.0. The number of nitrogens with zero attached hydrogens (tertiary/aromatic N) is 5. The molecule has 1 amide bonds. The van der Waals surface area contributed by atoms with Crippen LogP contribution in [0.4, 0.5) is 17.2 Å². The summed E-state index contributed by atoms with van der Waals surface area (Å²) >= 11 is 0. The van der Waals surface area contributed by atoms with Crippen LogP contribution in [0.3, 0.4) is 0 Å². The summed E-state index contributed by atoms with van der Waals surface area (Å²) in [6.07, 6.45) is 3.46. The number of piperidine rings is 1. The van der Waals surface area contributed by atoms with E-state index in [4.69, 9.17) is 5.73 Å². The van der Waals surface area contributed by atoms with Gasteiger partial charge < -0.3 is 21.1 Å². The van der Waals surface area contributed by atoms with Crippen LogP contribution >= 0.6 is 12.4 Å². The molecule has 1 fully saturated rings. The number of hydrogen-bond acceptors (Lipinski definition) is 7. The van der Waals surface area contributed by atoms with Gasteiger partial charge >= 0.3 is 0 Å². The lowest BCUT2D eigenvalue weighted by Gasteiger charge is -2.34. The van der Waals surface area contributed by atoms with Gasteiger partial charge in [-0.1, -0.05) is 6.07 Å². The predicted molar refractivity (Wildman–Crippen MR) is 145 cm³/mol. The second-order valence-corrected chi connectivity index (χ2v) is 9.04. The molecule has 36 heavy (non-hydrogen) atoms. The molecule has 1 saturated heterocycles. The van der Waals surface area contributed by atoms with Crippen molar-refractivity contribution in [3.8, 4) is 11.3 Å². The van der Waals surface area contributed by atoms with Crippen molar-refractivity contribution in [3.05, 3.63) is 60.0 Å². The first kappa shape index (κ1) is 25.4. The fourth-order valence-corrected chi connectivity index (χ4v) is 4.65. The highest BCUT2D eigenvalue weighted by Gasteiger charge is 2.23. The highest BCUT2D eigenvalue weighted by atomic mass is 35.5. The van der Waals surface area contributed by atoms with Crippen molar-refractivity contribution in [2.45, 2.75) is 19.8 Å². The smallest absolute Gasteiger partial charge is 0.274 e. The van der Waals surface area contributed by atoms with Gasteiger partial charge in [0, 0.05) is 43.9 Å². The normalized spacial score (nSPS) is 14.0. The molecule has 4 aromatic rings. The van der Waals surface area contributed by atoms with E-state index in [1.165, 1.54) is 0 Å². The molecule has 9 nitrogen and oxygen atoms in total. The van der Waals surface area contributed by atoms with Crippen LogP contribution in [-0.4, -0.2) is 50.5 Å². The largest absolute Gasteiger partial charge is 0.396 e. The Morgan fingerprint density at radius 2 is 1.97 bits per heavy atom. The van der Waals surface area contributed by atoms with Crippen LogP contribution in [-0.2, 0) is 7.05 Å². The number of nitrogens with one attached hydrogen (secondary N) is 1. The van der Waals surface area contributed by atoms with Crippen LogP contribution in [0.25, 0.3) is 22.2 Å².